The van der Waals surface area contributed by atoms with Crippen molar-refractivity contribution in [1.82, 2.24) is 9.21 Å². The van der Waals surface area contributed by atoms with Crippen LogP contribution in [0.3, 0.4) is 0 Å². The maximum Gasteiger partial charge on any atom is 0.289 e. The fourth-order valence-corrected chi connectivity index (χ4v) is 4.37. The molecule has 1 aromatic heterocycles. The van der Waals surface area contributed by atoms with Crippen molar-refractivity contribution in [2.75, 3.05) is 40.4 Å². The molecule has 0 atom stereocenters. The quantitative estimate of drug-likeness (QED) is 0.780. The molecule has 0 saturated carbocycles. The summed E-state index contributed by atoms with van der Waals surface area (Å²) in [5, 5.41) is 0. The Labute approximate surface area is 152 Å². The Balaban J connectivity index is 1.75. The summed E-state index contributed by atoms with van der Waals surface area (Å²) in [4.78, 5) is 13.9. The molecule has 0 bridgehead atoms. The average molecular weight is 380 g/mol. The predicted octanol–water partition coefficient (Wildman–Crippen LogP) is 1.44. The standard InChI is InChI=1S/C17H20N2O6S/c1-23-13-5-6-16(15(12-13)24-2)26(21,22)19-9-7-18(8-10-19)17(20)14-4-3-11-25-14/h3-6,11-12H,7-10H2,1-2H3. The normalized spacial score (nSPS) is 15.7. The molecule has 26 heavy (non-hydrogen) atoms. The number of methoxy groups -OCH3 is 2. The van der Waals surface area contributed by atoms with E-state index in [4.69, 9.17) is 13.9 Å². The number of amides is 1. The summed E-state index contributed by atoms with van der Waals surface area (Å²) >= 11 is 0. The van der Waals surface area contributed by atoms with E-state index < -0.39 is 10.0 Å². The van der Waals surface area contributed by atoms with Gasteiger partial charge in [-0.25, -0.2) is 8.42 Å². The summed E-state index contributed by atoms with van der Waals surface area (Å²) in [6, 6.07) is 7.81. The highest BCUT2D eigenvalue weighted by Crippen LogP contribution is 2.31. The van der Waals surface area contributed by atoms with Crippen molar-refractivity contribution in [3.05, 3.63) is 42.4 Å². The number of carbonyl (C=O) groups excluding carboxylic acids is 1. The number of hydrogen-bond donors (Lipinski definition) is 0. The number of hydrogen-bond acceptors (Lipinski definition) is 6. The number of sulfonamides is 1. The molecular formula is C17H20N2O6S. The van der Waals surface area contributed by atoms with Crippen molar-refractivity contribution in [2.45, 2.75) is 4.90 Å². The van der Waals surface area contributed by atoms with Crippen molar-refractivity contribution in [3.8, 4) is 11.5 Å². The number of piperazine rings is 1. The highest BCUT2D eigenvalue weighted by molar-refractivity contribution is 7.89. The van der Waals surface area contributed by atoms with Gasteiger partial charge in [0.2, 0.25) is 10.0 Å². The number of benzene rings is 1. The van der Waals surface area contributed by atoms with Gasteiger partial charge in [-0.05, 0) is 24.3 Å². The second-order valence-corrected chi connectivity index (χ2v) is 7.60. The Bertz CT molecular complexity index is 871. The van der Waals surface area contributed by atoms with Gasteiger partial charge in [-0.15, -0.1) is 0 Å². The van der Waals surface area contributed by atoms with Crippen molar-refractivity contribution in [2.24, 2.45) is 0 Å². The highest BCUT2D eigenvalue weighted by Gasteiger charge is 2.33. The van der Waals surface area contributed by atoms with Crippen LogP contribution in [0.1, 0.15) is 10.6 Å². The lowest BCUT2D eigenvalue weighted by molar-refractivity contribution is 0.0666. The Morgan fingerprint density at radius 2 is 1.81 bits per heavy atom. The number of ether oxygens (including phenoxy) is 2. The van der Waals surface area contributed by atoms with E-state index in [0.29, 0.717) is 5.75 Å². The zero-order valence-corrected chi connectivity index (χ0v) is 15.4. The first-order chi connectivity index (χ1) is 12.5. The van der Waals surface area contributed by atoms with E-state index >= 15 is 0 Å². The van der Waals surface area contributed by atoms with Crippen LogP contribution < -0.4 is 9.47 Å². The summed E-state index contributed by atoms with van der Waals surface area (Å²) in [6.07, 6.45) is 1.43. The molecule has 2 heterocycles. The van der Waals surface area contributed by atoms with Gasteiger partial charge in [0.15, 0.2) is 5.76 Å². The summed E-state index contributed by atoms with van der Waals surface area (Å²) in [5.41, 5.74) is 0. The second-order valence-electron chi connectivity index (χ2n) is 5.69. The molecule has 140 valence electrons. The summed E-state index contributed by atoms with van der Waals surface area (Å²) in [7, 11) is -0.833. The van der Waals surface area contributed by atoms with E-state index in [0.717, 1.165) is 0 Å². The van der Waals surface area contributed by atoms with E-state index in [2.05, 4.69) is 0 Å². The minimum Gasteiger partial charge on any atom is -0.497 e. The third-order valence-corrected chi connectivity index (χ3v) is 6.18. The van der Waals surface area contributed by atoms with E-state index in [9.17, 15) is 13.2 Å². The Morgan fingerprint density at radius 3 is 2.38 bits per heavy atom. The number of carbonyl (C=O) groups is 1. The van der Waals surface area contributed by atoms with Gasteiger partial charge < -0.3 is 18.8 Å². The second kappa shape index (κ2) is 7.38. The fraction of sp³-hybridized carbons (Fsp3) is 0.353. The maximum absolute atomic E-state index is 13.0. The van der Waals surface area contributed by atoms with E-state index in [1.54, 1.807) is 23.1 Å². The SMILES string of the molecule is COc1ccc(S(=O)(=O)N2CCN(C(=O)c3ccco3)CC2)c(OC)c1. The third kappa shape index (κ3) is 3.40. The lowest BCUT2D eigenvalue weighted by atomic mass is 10.3. The Hall–Kier alpha value is -2.52. The monoisotopic (exact) mass is 380 g/mol. The molecule has 1 aromatic carbocycles. The summed E-state index contributed by atoms with van der Waals surface area (Å²) < 4.78 is 42.7. The lowest BCUT2D eigenvalue weighted by Gasteiger charge is -2.33. The Kier molecular flexibility index (Phi) is 5.19. The van der Waals surface area contributed by atoms with Crippen molar-refractivity contribution >= 4 is 15.9 Å². The minimum absolute atomic E-state index is 0.0756. The lowest BCUT2D eigenvalue weighted by Crippen LogP contribution is -2.50. The van der Waals surface area contributed by atoms with Gasteiger partial charge in [0.05, 0.1) is 20.5 Å². The van der Waals surface area contributed by atoms with Gasteiger partial charge in [-0.2, -0.15) is 4.31 Å². The van der Waals surface area contributed by atoms with Crippen LogP contribution in [0.5, 0.6) is 11.5 Å². The van der Waals surface area contributed by atoms with Gasteiger partial charge >= 0.3 is 0 Å². The summed E-state index contributed by atoms with van der Waals surface area (Å²) in [5.74, 6) is 0.736. The molecule has 2 aromatic rings. The van der Waals surface area contributed by atoms with Crippen LogP contribution >= 0.6 is 0 Å². The largest absolute Gasteiger partial charge is 0.497 e. The number of rotatable bonds is 5. The predicted molar refractivity (Wildman–Crippen MR) is 92.9 cm³/mol. The molecule has 8 nitrogen and oxygen atoms in total. The highest BCUT2D eigenvalue weighted by atomic mass is 32.2. The molecule has 1 aliphatic heterocycles. The number of furan rings is 1. The van der Waals surface area contributed by atoms with Crippen molar-refractivity contribution < 1.29 is 27.1 Å². The molecule has 9 heteroatoms. The van der Waals surface area contributed by atoms with E-state index in [1.165, 1.54) is 36.9 Å². The summed E-state index contributed by atoms with van der Waals surface area (Å²) in [6.45, 7) is 0.975. The Morgan fingerprint density at radius 1 is 1.08 bits per heavy atom. The fourth-order valence-electron chi connectivity index (χ4n) is 2.81. The van der Waals surface area contributed by atoms with Crippen LogP contribution in [0.2, 0.25) is 0 Å². The third-order valence-electron chi connectivity index (χ3n) is 4.25. The molecule has 1 amide bonds. The molecule has 0 unspecified atom stereocenters. The molecule has 0 spiro atoms. The zero-order chi connectivity index (χ0) is 18.7. The van der Waals surface area contributed by atoms with Crippen molar-refractivity contribution in [3.63, 3.8) is 0 Å². The van der Waals surface area contributed by atoms with Crippen LogP contribution in [0, 0.1) is 0 Å². The molecule has 3 rings (SSSR count). The topological polar surface area (TPSA) is 89.3 Å². The zero-order valence-electron chi connectivity index (χ0n) is 14.5. The van der Waals surface area contributed by atoms with Crippen LogP contribution in [0.25, 0.3) is 0 Å². The van der Waals surface area contributed by atoms with E-state index in [-0.39, 0.29) is 48.5 Å². The average Bonchev–Trinajstić information content (AvgIpc) is 3.21. The van der Waals surface area contributed by atoms with Gasteiger partial charge in [-0.3, -0.25) is 4.79 Å². The maximum atomic E-state index is 13.0. The van der Waals surface area contributed by atoms with Gasteiger partial charge in [0.25, 0.3) is 5.91 Å². The van der Waals surface area contributed by atoms with Crippen molar-refractivity contribution in [1.29, 1.82) is 0 Å². The van der Waals surface area contributed by atoms with Crippen LogP contribution in [0.4, 0.5) is 0 Å². The van der Waals surface area contributed by atoms with E-state index in [1.807, 2.05) is 0 Å². The molecule has 0 N–H and O–H groups in total. The van der Waals surface area contributed by atoms with Crippen LogP contribution in [-0.2, 0) is 10.0 Å². The van der Waals surface area contributed by atoms with Crippen LogP contribution in [-0.4, -0.2) is 63.9 Å². The number of nitrogens with zero attached hydrogens (tertiary/aromatic N) is 2. The first-order valence-corrected chi connectivity index (χ1v) is 9.46. The van der Waals surface area contributed by atoms with Gasteiger partial charge in [0, 0.05) is 32.2 Å². The minimum atomic E-state index is -3.74. The smallest absolute Gasteiger partial charge is 0.289 e. The molecule has 0 aliphatic carbocycles. The first kappa shape index (κ1) is 18.3. The molecular weight excluding hydrogens is 360 g/mol. The molecule has 0 radical (unpaired) electrons. The van der Waals surface area contributed by atoms with Crippen LogP contribution in [0.15, 0.2) is 45.9 Å². The first-order valence-electron chi connectivity index (χ1n) is 8.02. The van der Waals surface area contributed by atoms with Gasteiger partial charge in [0.1, 0.15) is 16.4 Å². The van der Waals surface area contributed by atoms with Gasteiger partial charge in [-0.1, -0.05) is 0 Å². The molecule has 1 fully saturated rings. The molecule has 1 aliphatic rings. The molecule has 1 saturated heterocycles.